The lowest BCUT2D eigenvalue weighted by molar-refractivity contribution is -0.124. The molecule has 19 heavy (non-hydrogen) atoms. The van der Waals surface area contributed by atoms with Crippen LogP contribution in [0.15, 0.2) is 18.2 Å². The number of halogens is 1. The standard InChI is InChI=1S/C13H18FN3O2/c1-8(12(18)16-2)7-17(3)13(19)10-5-4-9(15)6-11(10)14/h4-6,8H,7,15H2,1-3H3,(H,16,18). The number of nitrogen functional groups attached to an aromatic ring is 1. The Bertz CT molecular complexity index is 491. The monoisotopic (exact) mass is 267 g/mol. The summed E-state index contributed by atoms with van der Waals surface area (Å²) in [6.45, 7) is 1.91. The molecule has 104 valence electrons. The van der Waals surface area contributed by atoms with Gasteiger partial charge in [0.15, 0.2) is 0 Å². The van der Waals surface area contributed by atoms with Crippen molar-refractivity contribution >= 4 is 17.5 Å². The van der Waals surface area contributed by atoms with Gasteiger partial charge in [0.1, 0.15) is 5.82 Å². The Kier molecular flexibility index (Phi) is 4.86. The fourth-order valence-electron chi connectivity index (χ4n) is 1.73. The lowest BCUT2D eigenvalue weighted by atomic mass is 10.1. The van der Waals surface area contributed by atoms with Gasteiger partial charge < -0.3 is 16.0 Å². The molecule has 1 atom stereocenters. The maximum atomic E-state index is 13.6. The molecule has 0 fully saturated rings. The number of nitrogens with zero attached hydrogens (tertiary/aromatic N) is 1. The normalized spacial score (nSPS) is 11.8. The van der Waals surface area contributed by atoms with Crippen molar-refractivity contribution in [1.82, 2.24) is 10.2 Å². The smallest absolute Gasteiger partial charge is 0.256 e. The van der Waals surface area contributed by atoms with Crippen LogP contribution < -0.4 is 11.1 Å². The van der Waals surface area contributed by atoms with Crippen LogP contribution in [0, 0.1) is 11.7 Å². The summed E-state index contributed by atoms with van der Waals surface area (Å²) in [5, 5.41) is 2.50. The van der Waals surface area contributed by atoms with Crippen LogP contribution in [0.2, 0.25) is 0 Å². The van der Waals surface area contributed by atoms with Crippen LogP contribution in [0.4, 0.5) is 10.1 Å². The zero-order chi connectivity index (χ0) is 14.6. The fraction of sp³-hybridized carbons (Fsp3) is 0.385. The summed E-state index contributed by atoms with van der Waals surface area (Å²) in [4.78, 5) is 24.7. The first-order chi connectivity index (χ1) is 8.86. The number of carbonyl (C=O) groups excluding carboxylic acids is 2. The Morgan fingerprint density at radius 2 is 2.11 bits per heavy atom. The van der Waals surface area contributed by atoms with Crippen LogP contribution in [0.5, 0.6) is 0 Å². The zero-order valence-corrected chi connectivity index (χ0v) is 11.2. The van der Waals surface area contributed by atoms with E-state index in [-0.39, 0.29) is 29.6 Å². The van der Waals surface area contributed by atoms with E-state index in [0.29, 0.717) is 0 Å². The largest absolute Gasteiger partial charge is 0.399 e. The highest BCUT2D eigenvalue weighted by Crippen LogP contribution is 2.14. The summed E-state index contributed by atoms with van der Waals surface area (Å²) in [6.07, 6.45) is 0. The van der Waals surface area contributed by atoms with Gasteiger partial charge in [0, 0.05) is 26.3 Å². The minimum absolute atomic E-state index is 0.0548. The Hall–Kier alpha value is -2.11. The van der Waals surface area contributed by atoms with Gasteiger partial charge in [-0.2, -0.15) is 0 Å². The second-order valence-corrected chi connectivity index (χ2v) is 4.44. The first kappa shape index (κ1) is 14.9. The van der Waals surface area contributed by atoms with E-state index in [4.69, 9.17) is 5.73 Å². The van der Waals surface area contributed by atoms with Crippen molar-refractivity contribution in [1.29, 1.82) is 0 Å². The summed E-state index contributed by atoms with van der Waals surface area (Å²) < 4.78 is 13.6. The molecule has 3 N–H and O–H groups in total. The SMILES string of the molecule is CNC(=O)C(C)CN(C)C(=O)c1ccc(N)cc1F. The molecule has 0 radical (unpaired) electrons. The molecule has 1 aromatic carbocycles. The van der Waals surface area contributed by atoms with Crippen molar-refractivity contribution in [3.8, 4) is 0 Å². The van der Waals surface area contributed by atoms with Gasteiger partial charge in [0.25, 0.3) is 5.91 Å². The summed E-state index contributed by atoms with van der Waals surface area (Å²) in [7, 11) is 3.05. The van der Waals surface area contributed by atoms with Crippen molar-refractivity contribution in [2.45, 2.75) is 6.92 Å². The summed E-state index contributed by atoms with van der Waals surface area (Å²) in [5.41, 5.74) is 5.63. The van der Waals surface area contributed by atoms with E-state index >= 15 is 0 Å². The second kappa shape index (κ2) is 6.17. The van der Waals surface area contributed by atoms with E-state index in [9.17, 15) is 14.0 Å². The molecule has 0 aliphatic heterocycles. The third kappa shape index (κ3) is 3.67. The Morgan fingerprint density at radius 3 is 2.63 bits per heavy atom. The Labute approximate surface area is 111 Å². The predicted octanol–water partition coefficient (Wildman–Crippen LogP) is 0.862. The van der Waals surface area contributed by atoms with Crippen LogP contribution >= 0.6 is 0 Å². The summed E-state index contributed by atoms with van der Waals surface area (Å²) in [5.74, 6) is -1.68. The van der Waals surface area contributed by atoms with Gasteiger partial charge >= 0.3 is 0 Å². The second-order valence-electron chi connectivity index (χ2n) is 4.44. The number of hydrogen-bond donors (Lipinski definition) is 2. The van der Waals surface area contributed by atoms with Crippen molar-refractivity contribution in [3.63, 3.8) is 0 Å². The molecule has 0 aliphatic carbocycles. The van der Waals surface area contributed by atoms with Gasteiger partial charge in [-0.1, -0.05) is 6.92 Å². The van der Waals surface area contributed by atoms with Crippen molar-refractivity contribution in [2.75, 3.05) is 26.4 Å². The van der Waals surface area contributed by atoms with Crippen LogP contribution in [0.1, 0.15) is 17.3 Å². The van der Waals surface area contributed by atoms with Gasteiger partial charge in [-0.25, -0.2) is 4.39 Å². The molecule has 0 heterocycles. The van der Waals surface area contributed by atoms with Crippen molar-refractivity contribution in [3.05, 3.63) is 29.6 Å². The highest BCUT2D eigenvalue weighted by molar-refractivity contribution is 5.95. The number of anilines is 1. The first-order valence-electron chi connectivity index (χ1n) is 5.89. The van der Waals surface area contributed by atoms with E-state index in [1.807, 2.05) is 0 Å². The minimum Gasteiger partial charge on any atom is -0.399 e. The lowest BCUT2D eigenvalue weighted by Crippen LogP contribution is -2.37. The Balaban J connectivity index is 2.79. The van der Waals surface area contributed by atoms with Crippen LogP contribution in [-0.4, -0.2) is 37.4 Å². The maximum absolute atomic E-state index is 13.6. The first-order valence-corrected chi connectivity index (χ1v) is 5.89. The predicted molar refractivity (Wildman–Crippen MR) is 71.0 cm³/mol. The van der Waals surface area contributed by atoms with Crippen molar-refractivity contribution < 1.29 is 14.0 Å². The topological polar surface area (TPSA) is 75.4 Å². The van der Waals surface area contributed by atoms with Gasteiger partial charge in [-0.3, -0.25) is 9.59 Å². The number of nitrogens with two attached hydrogens (primary N) is 1. The molecule has 6 heteroatoms. The molecular weight excluding hydrogens is 249 g/mol. The van der Waals surface area contributed by atoms with E-state index < -0.39 is 11.7 Å². The zero-order valence-electron chi connectivity index (χ0n) is 11.2. The summed E-state index contributed by atoms with van der Waals surface area (Å²) in [6, 6.07) is 3.91. The highest BCUT2D eigenvalue weighted by atomic mass is 19.1. The van der Waals surface area contributed by atoms with E-state index in [0.717, 1.165) is 6.07 Å². The molecule has 0 bridgehead atoms. The molecule has 5 nitrogen and oxygen atoms in total. The van der Waals surface area contributed by atoms with Gasteiger partial charge in [-0.15, -0.1) is 0 Å². The molecule has 0 saturated carbocycles. The third-order valence-corrected chi connectivity index (χ3v) is 2.81. The average molecular weight is 267 g/mol. The number of rotatable bonds is 4. The molecular formula is C13H18FN3O2. The van der Waals surface area contributed by atoms with Crippen LogP contribution in [-0.2, 0) is 4.79 Å². The molecule has 1 aromatic rings. The molecule has 0 spiro atoms. The van der Waals surface area contributed by atoms with E-state index in [2.05, 4.69) is 5.32 Å². The molecule has 2 amide bonds. The number of hydrogen-bond acceptors (Lipinski definition) is 3. The quantitative estimate of drug-likeness (QED) is 0.795. The minimum atomic E-state index is -0.663. The highest BCUT2D eigenvalue weighted by Gasteiger charge is 2.20. The molecule has 0 aromatic heterocycles. The molecule has 0 aliphatic rings. The Morgan fingerprint density at radius 1 is 1.47 bits per heavy atom. The molecule has 1 unspecified atom stereocenters. The fourth-order valence-corrected chi connectivity index (χ4v) is 1.73. The van der Waals surface area contributed by atoms with Crippen LogP contribution in [0.3, 0.4) is 0 Å². The average Bonchev–Trinajstić information content (AvgIpc) is 2.36. The van der Waals surface area contributed by atoms with Gasteiger partial charge in [0.05, 0.1) is 11.5 Å². The number of nitrogens with one attached hydrogen (secondary N) is 1. The molecule has 0 saturated heterocycles. The lowest BCUT2D eigenvalue weighted by Gasteiger charge is -2.21. The van der Waals surface area contributed by atoms with E-state index in [1.54, 1.807) is 6.92 Å². The van der Waals surface area contributed by atoms with Crippen LogP contribution in [0.25, 0.3) is 0 Å². The van der Waals surface area contributed by atoms with E-state index in [1.165, 1.54) is 31.1 Å². The number of amides is 2. The molecule has 1 rings (SSSR count). The third-order valence-electron chi connectivity index (χ3n) is 2.81. The van der Waals surface area contributed by atoms with Crippen molar-refractivity contribution in [2.24, 2.45) is 5.92 Å². The summed E-state index contributed by atoms with van der Waals surface area (Å²) >= 11 is 0. The van der Waals surface area contributed by atoms with Gasteiger partial charge in [-0.05, 0) is 18.2 Å². The number of benzene rings is 1. The number of carbonyl (C=O) groups is 2. The van der Waals surface area contributed by atoms with Gasteiger partial charge in [0.2, 0.25) is 5.91 Å². The maximum Gasteiger partial charge on any atom is 0.256 e.